The number of aromatic hydroxyl groups is 3. The summed E-state index contributed by atoms with van der Waals surface area (Å²) in [5.41, 5.74) is 0.397. The molecule has 1 amide bonds. The smallest absolute Gasteiger partial charge is 0.255 e. The van der Waals surface area contributed by atoms with E-state index in [4.69, 9.17) is 11.6 Å². The molecule has 0 atom stereocenters. The van der Waals surface area contributed by atoms with Gasteiger partial charge in [-0.05, 0) is 24.3 Å². The van der Waals surface area contributed by atoms with E-state index in [0.29, 0.717) is 5.69 Å². The molecule has 0 heterocycles. The Morgan fingerprint density at radius 3 is 2.16 bits per heavy atom. The number of hydrogen-bond donors (Lipinski definition) is 4. The van der Waals surface area contributed by atoms with Crippen molar-refractivity contribution in [3.8, 4) is 17.2 Å². The van der Waals surface area contributed by atoms with Crippen molar-refractivity contribution in [2.75, 3.05) is 5.32 Å². The van der Waals surface area contributed by atoms with Gasteiger partial charge < -0.3 is 20.6 Å². The van der Waals surface area contributed by atoms with Crippen molar-refractivity contribution < 1.29 is 20.1 Å². The number of carbonyl (C=O) groups is 1. The van der Waals surface area contributed by atoms with Crippen LogP contribution in [0.2, 0.25) is 5.02 Å². The van der Waals surface area contributed by atoms with Crippen LogP contribution in [0.4, 0.5) is 5.69 Å². The third-order valence-electron chi connectivity index (χ3n) is 2.37. The third kappa shape index (κ3) is 3.08. The molecular formula is C13H10ClNO4. The average molecular weight is 280 g/mol. The van der Waals surface area contributed by atoms with Gasteiger partial charge in [0.05, 0.1) is 10.7 Å². The first-order chi connectivity index (χ1) is 8.95. The number of halogens is 1. The minimum atomic E-state index is -0.543. The van der Waals surface area contributed by atoms with E-state index in [2.05, 4.69) is 5.32 Å². The van der Waals surface area contributed by atoms with Gasteiger partial charge in [0.2, 0.25) is 0 Å². The first-order valence-corrected chi connectivity index (χ1v) is 5.66. The summed E-state index contributed by atoms with van der Waals surface area (Å²) in [6.45, 7) is 0. The molecule has 0 aliphatic rings. The maximum atomic E-state index is 11.9. The van der Waals surface area contributed by atoms with Gasteiger partial charge >= 0.3 is 0 Å². The molecule has 0 unspecified atom stereocenters. The number of phenolic OH excluding ortho intramolecular Hbond substituents is 3. The second kappa shape index (κ2) is 5.07. The Kier molecular flexibility index (Phi) is 3.48. The Balaban J connectivity index is 2.25. The van der Waals surface area contributed by atoms with Crippen LogP contribution in [0.1, 0.15) is 10.4 Å². The van der Waals surface area contributed by atoms with Crippen LogP contribution in [0.5, 0.6) is 17.2 Å². The molecule has 98 valence electrons. The molecule has 2 aromatic carbocycles. The summed E-state index contributed by atoms with van der Waals surface area (Å²) in [4.78, 5) is 11.9. The van der Waals surface area contributed by atoms with Gasteiger partial charge in [-0.15, -0.1) is 0 Å². The van der Waals surface area contributed by atoms with Crippen LogP contribution in [0, 0.1) is 0 Å². The van der Waals surface area contributed by atoms with E-state index < -0.39 is 5.91 Å². The number of nitrogens with one attached hydrogen (secondary N) is 1. The Morgan fingerprint density at radius 1 is 0.947 bits per heavy atom. The molecule has 0 aromatic heterocycles. The summed E-state index contributed by atoms with van der Waals surface area (Å²) in [6, 6.07) is 7.65. The molecular weight excluding hydrogens is 270 g/mol. The van der Waals surface area contributed by atoms with E-state index in [1.54, 1.807) is 0 Å². The monoisotopic (exact) mass is 279 g/mol. The molecule has 6 heteroatoms. The number of rotatable bonds is 2. The fourth-order valence-corrected chi connectivity index (χ4v) is 1.75. The number of carbonyl (C=O) groups excluding carboxylic acids is 1. The molecule has 0 radical (unpaired) electrons. The van der Waals surface area contributed by atoms with E-state index in [9.17, 15) is 20.1 Å². The van der Waals surface area contributed by atoms with Crippen LogP contribution in [0.3, 0.4) is 0 Å². The van der Waals surface area contributed by atoms with E-state index >= 15 is 0 Å². The van der Waals surface area contributed by atoms with Gasteiger partial charge in [0.1, 0.15) is 17.2 Å². The molecule has 19 heavy (non-hydrogen) atoms. The normalized spacial score (nSPS) is 10.2. The highest BCUT2D eigenvalue weighted by Gasteiger charge is 2.11. The van der Waals surface area contributed by atoms with Gasteiger partial charge in [-0.3, -0.25) is 4.79 Å². The summed E-state index contributed by atoms with van der Waals surface area (Å²) in [6.07, 6.45) is 0. The molecule has 0 bridgehead atoms. The number of amides is 1. The van der Waals surface area contributed by atoms with E-state index in [1.165, 1.54) is 30.3 Å². The fraction of sp³-hybridized carbons (Fsp3) is 0. The maximum Gasteiger partial charge on any atom is 0.255 e. The second-order valence-electron chi connectivity index (χ2n) is 3.86. The van der Waals surface area contributed by atoms with Crippen molar-refractivity contribution in [3.63, 3.8) is 0 Å². The van der Waals surface area contributed by atoms with E-state index in [1.807, 2.05) is 0 Å². The SMILES string of the molecule is O=C(Nc1ccc(O)cc1Cl)c1cc(O)cc(O)c1. The van der Waals surface area contributed by atoms with Gasteiger partial charge in [-0.25, -0.2) is 0 Å². The molecule has 0 saturated heterocycles. The second-order valence-corrected chi connectivity index (χ2v) is 4.26. The first kappa shape index (κ1) is 13.0. The van der Waals surface area contributed by atoms with Crippen LogP contribution in [-0.2, 0) is 0 Å². The highest BCUT2D eigenvalue weighted by atomic mass is 35.5. The van der Waals surface area contributed by atoms with Crippen molar-refractivity contribution in [1.29, 1.82) is 0 Å². The predicted molar refractivity (Wildman–Crippen MR) is 70.8 cm³/mol. The molecule has 2 rings (SSSR count). The van der Waals surface area contributed by atoms with Crippen LogP contribution < -0.4 is 5.32 Å². The first-order valence-electron chi connectivity index (χ1n) is 5.28. The van der Waals surface area contributed by atoms with Crippen molar-refractivity contribution in [3.05, 3.63) is 47.0 Å². The van der Waals surface area contributed by atoms with Crippen molar-refractivity contribution >= 4 is 23.2 Å². The average Bonchev–Trinajstić information content (AvgIpc) is 2.31. The summed E-state index contributed by atoms with van der Waals surface area (Å²) >= 11 is 5.85. The zero-order valence-corrected chi connectivity index (χ0v) is 10.3. The van der Waals surface area contributed by atoms with Gasteiger partial charge in [-0.1, -0.05) is 11.6 Å². The summed E-state index contributed by atoms with van der Waals surface area (Å²) in [5, 5.41) is 30.5. The molecule has 2 aromatic rings. The molecule has 0 aliphatic heterocycles. The zero-order chi connectivity index (χ0) is 14.0. The Morgan fingerprint density at radius 2 is 1.58 bits per heavy atom. The lowest BCUT2D eigenvalue weighted by Crippen LogP contribution is -2.12. The minimum Gasteiger partial charge on any atom is -0.508 e. The Labute approximate surface area is 113 Å². The predicted octanol–water partition coefficient (Wildman–Crippen LogP) is 2.71. The standard InChI is InChI=1S/C13H10ClNO4/c14-11-6-8(16)1-2-12(11)15-13(19)7-3-9(17)5-10(18)4-7/h1-6,16-18H,(H,15,19). The van der Waals surface area contributed by atoms with Crippen molar-refractivity contribution in [2.45, 2.75) is 0 Å². The van der Waals surface area contributed by atoms with Crippen LogP contribution in [0.25, 0.3) is 0 Å². The van der Waals surface area contributed by atoms with Gasteiger partial charge in [0.15, 0.2) is 0 Å². The van der Waals surface area contributed by atoms with Gasteiger partial charge in [0, 0.05) is 17.7 Å². The molecule has 4 N–H and O–H groups in total. The molecule has 5 nitrogen and oxygen atoms in total. The summed E-state index contributed by atoms with van der Waals surface area (Å²) in [7, 11) is 0. The minimum absolute atomic E-state index is 0.0157. The van der Waals surface area contributed by atoms with Crippen molar-refractivity contribution in [2.24, 2.45) is 0 Å². The molecule has 0 aliphatic carbocycles. The largest absolute Gasteiger partial charge is 0.508 e. The quantitative estimate of drug-likeness (QED) is 0.636. The van der Waals surface area contributed by atoms with Gasteiger partial charge in [0.25, 0.3) is 5.91 Å². The maximum absolute atomic E-state index is 11.9. The van der Waals surface area contributed by atoms with E-state index in [0.717, 1.165) is 6.07 Å². The molecule has 0 fully saturated rings. The number of benzene rings is 2. The molecule has 0 saturated carbocycles. The van der Waals surface area contributed by atoms with Crippen LogP contribution in [0.15, 0.2) is 36.4 Å². The number of phenols is 3. The number of anilines is 1. The number of hydrogen-bond acceptors (Lipinski definition) is 4. The van der Waals surface area contributed by atoms with E-state index in [-0.39, 0.29) is 27.8 Å². The highest BCUT2D eigenvalue weighted by Crippen LogP contribution is 2.27. The summed E-state index contributed by atoms with van der Waals surface area (Å²) in [5.74, 6) is -0.999. The fourth-order valence-electron chi connectivity index (χ4n) is 1.53. The third-order valence-corrected chi connectivity index (χ3v) is 2.68. The lowest BCUT2D eigenvalue weighted by atomic mass is 10.2. The lowest BCUT2D eigenvalue weighted by molar-refractivity contribution is 0.102. The summed E-state index contributed by atoms with van der Waals surface area (Å²) < 4.78 is 0. The van der Waals surface area contributed by atoms with Crippen molar-refractivity contribution in [1.82, 2.24) is 0 Å². The highest BCUT2D eigenvalue weighted by molar-refractivity contribution is 6.34. The molecule has 0 spiro atoms. The topological polar surface area (TPSA) is 89.8 Å². The lowest BCUT2D eigenvalue weighted by Gasteiger charge is -2.08. The Bertz CT molecular complexity index is 622. The van der Waals surface area contributed by atoms with Crippen LogP contribution in [-0.4, -0.2) is 21.2 Å². The zero-order valence-electron chi connectivity index (χ0n) is 9.59. The van der Waals surface area contributed by atoms with Crippen LogP contribution >= 0.6 is 11.6 Å². The Hall–Kier alpha value is -2.40. The van der Waals surface area contributed by atoms with Gasteiger partial charge in [-0.2, -0.15) is 0 Å².